The van der Waals surface area contributed by atoms with Crippen molar-refractivity contribution in [2.45, 2.75) is 36.8 Å². The Kier molecular flexibility index (Phi) is 7.45. The first-order chi connectivity index (χ1) is 11.8. The summed E-state index contributed by atoms with van der Waals surface area (Å²) in [6, 6.07) is 5.05. The van der Waals surface area contributed by atoms with E-state index in [1.165, 1.54) is 0 Å². The zero-order valence-electron chi connectivity index (χ0n) is 15.2. The highest BCUT2D eigenvalue weighted by Gasteiger charge is 2.20. The molecule has 2 atom stereocenters. The van der Waals surface area contributed by atoms with E-state index in [1.54, 1.807) is 7.11 Å². The van der Waals surface area contributed by atoms with Crippen molar-refractivity contribution in [2.24, 2.45) is 0 Å². The Labute approximate surface area is 158 Å². The van der Waals surface area contributed by atoms with Gasteiger partial charge in [0.2, 0.25) is 5.88 Å². The molecule has 0 aliphatic rings. The average Bonchev–Trinajstić information content (AvgIpc) is 3.01. The minimum absolute atomic E-state index is 0.110. The van der Waals surface area contributed by atoms with E-state index in [4.69, 9.17) is 14.2 Å². The predicted molar refractivity (Wildman–Crippen MR) is 105 cm³/mol. The van der Waals surface area contributed by atoms with Crippen LogP contribution in [0.1, 0.15) is 10.6 Å². The van der Waals surface area contributed by atoms with Crippen LogP contribution in [0.15, 0.2) is 18.3 Å². The Balaban J connectivity index is 2.15. The van der Waals surface area contributed by atoms with Crippen LogP contribution in [0.3, 0.4) is 0 Å². The minimum Gasteiger partial charge on any atom is -0.474 e. The minimum atomic E-state index is -1.15. The molecule has 0 bridgehead atoms. The molecule has 0 aromatic carbocycles. The van der Waals surface area contributed by atoms with Crippen LogP contribution in [-0.4, -0.2) is 56.2 Å². The van der Waals surface area contributed by atoms with Gasteiger partial charge in [-0.25, -0.2) is 0 Å². The Hall–Kier alpha value is -0.933. The first kappa shape index (κ1) is 20.4. The second-order valence-electron chi connectivity index (χ2n) is 7.15. The Bertz CT molecular complexity index is 670. The summed E-state index contributed by atoms with van der Waals surface area (Å²) in [5.74, 6) is 0.473. The number of alkyl halides is 1. The molecule has 0 spiro atoms. The van der Waals surface area contributed by atoms with Gasteiger partial charge < -0.3 is 24.3 Å². The maximum atomic E-state index is 9.25. The van der Waals surface area contributed by atoms with Gasteiger partial charge in [0.05, 0.1) is 12.2 Å². The summed E-state index contributed by atoms with van der Waals surface area (Å²) in [4.78, 5) is 7.62. The number of methoxy groups -OCH3 is 1. The number of hydrogen-bond donors (Lipinski definition) is 2. The van der Waals surface area contributed by atoms with Gasteiger partial charge in [0.15, 0.2) is 0 Å². The fraction of sp³-hybridized carbons (Fsp3) is 0.588. The Morgan fingerprint density at radius 1 is 1.36 bits per heavy atom. The lowest BCUT2D eigenvalue weighted by atomic mass is 10.2. The van der Waals surface area contributed by atoms with Crippen LogP contribution >= 0.6 is 15.9 Å². The lowest BCUT2D eigenvalue weighted by molar-refractivity contribution is 0.0145. The molecule has 2 heterocycles. The number of pyridine rings is 1. The largest absolute Gasteiger partial charge is 0.474 e. The summed E-state index contributed by atoms with van der Waals surface area (Å²) in [6.07, 6.45) is 1.45. The molecule has 0 aliphatic carbocycles. The van der Waals surface area contributed by atoms with Crippen molar-refractivity contribution >= 4 is 35.0 Å². The van der Waals surface area contributed by atoms with Crippen LogP contribution in [0.2, 0.25) is 25.7 Å². The molecular weight excluding hydrogens is 404 g/mol. The van der Waals surface area contributed by atoms with Crippen molar-refractivity contribution in [1.29, 1.82) is 0 Å². The fourth-order valence-electron chi connectivity index (χ4n) is 2.19. The lowest BCUT2D eigenvalue weighted by Crippen LogP contribution is -2.25. The number of aliphatic hydroxyl groups is 1. The number of fused-ring (bicyclic) bond motifs is 1. The molecule has 0 saturated carbocycles. The highest BCUT2D eigenvalue weighted by molar-refractivity contribution is 9.09. The highest BCUT2D eigenvalue weighted by atomic mass is 79.9. The third-order valence-corrected chi connectivity index (χ3v) is 6.29. The van der Waals surface area contributed by atoms with Gasteiger partial charge in [-0.15, -0.1) is 0 Å². The summed E-state index contributed by atoms with van der Waals surface area (Å²) in [5, 5.41) is 9.94. The van der Waals surface area contributed by atoms with E-state index < -0.39 is 14.2 Å². The van der Waals surface area contributed by atoms with E-state index in [2.05, 4.69) is 45.5 Å². The van der Waals surface area contributed by atoms with E-state index in [1.807, 2.05) is 18.3 Å². The Morgan fingerprint density at radius 3 is 2.76 bits per heavy atom. The molecule has 0 fully saturated rings. The quantitative estimate of drug-likeness (QED) is 0.443. The zero-order valence-corrected chi connectivity index (χ0v) is 17.8. The van der Waals surface area contributed by atoms with Gasteiger partial charge >= 0.3 is 0 Å². The normalized spacial score (nSPS) is 14.6. The van der Waals surface area contributed by atoms with Gasteiger partial charge in [0, 0.05) is 33.4 Å². The van der Waals surface area contributed by atoms with E-state index in [0.717, 1.165) is 22.6 Å². The van der Waals surface area contributed by atoms with Gasteiger partial charge in [-0.05, 0) is 18.2 Å². The number of nitrogens with one attached hydrogen (secondary N) is 1. The van der Waals surface area contributed by atoms with E-state index in [9.17, 15) is 5.11 Å². The van der Waals surface area contributed by atoms with Gasteiger partial charge in [-0.2, -0.15) is 4.98 Å². The topological polar surface area (TPSA) is 76.6 Å². The van der Waals surface area contributed by atoms with Crippen molar-refractivity contribution in [3.63, 3.8) is 0 Å². The van der Waals surface area contributed by atoms with Crippen LogP contribution in [0.4, 0.5) is 0 Å². The number of aromatic amines is 1. The molecule has 6 nitrogen and oxygen atoms in total. The van der Waals surface area contributed by atoms with Gasteiger partial charge in [0.1, 0.15) is 23.4 Å². The van der Waals surface area contributed by atoms with Crippen LogP contribution < -0.4 is 4.74 Å². The number of hydrogen-bond acceptors (Lipinski definition) is 5. The van der Waals surface area contributed by atoms with Crippen molar-refractivity contribution in [2.75, 3.05) is 26.9 Å². The van der Waals surface area contributed by atoms with Gasteiger partial charge in [-0.3, -0.25) is 0 Å². The van der Waals surface area contributed by atoms with Crippen molar-refractivity contribution in [1.82, 2.24) is 9.97 Å². The molecule has 8 heteroatoms. The van der Waals surface area contributed by atoms with Gasteiger partial charge in [-0.1, -0.05) is 35.6 Å². The number of ether oxygens (including phenoxy) is 3. The number of H-pyrrole nitrogens is 1. The van der Waals surface area contributed by atoms with Crippen LogP contribution in [-0.2, 0) is 9.47 Å². The maximum Gasteiger partial charge on any atom is 0.222 e. The second kappa shape index (κ2) is 9.13. The SMILES string of the molecule is COC(CO)COc1nc2[nH]ccc2cc1C(Br)OCC[Si](C)(C)C. The monoisotopic (exact) mass is 430 g/mol. The van der Waals surface area contributed by atoms with Crippen molar-refractivity contribution in [3.8, 4) is 5.88 Å². The standard InChI is InChI=1S/C17H27BrN2O4Si/c1-22-13(10-21)11-24-17-14(9-12-5-6-19-16(12)20-17)15(18)23-7-8-25(2,3)4/h5-6,9,13,15,21H,7-8,10-11H2,1-4H3,(H,19,20). The zero-order chi connectivity index (χ0) is 18.4. The third kappa shape index (κ3) is 6.07. The van der Waals surface area contributed by atoms with E-state index in [0.29, 0.717) is 12.5 Å². The predicted octanol–water partition coefficient (Wildman–Crippen LogP) is 3.70. The molecule has 0 radical (unpaired) electrons. The number of aliphatic hydroxyl groups excluding tert-OH is 1. The summed E-state index contributed by atoms with van der Waals surface area (Å²) < 4.78 is 16.9. The van der Waals surface area contributed by atoms with Crippen LogP contribution in [0, 0.1) is 0 Å². The molecule has 0 saturated heterocycles. The third-order valence-electron chi connectivity index (χ3n) is 3.83. The maximum absolute atomic E-state index is 9.25. The fourth-order valence-corrected chi connectivity index (χ4v) is 3.43. The second-order valence-corrected chi connectivity index (χ2v) is 13.6. The summed E-state index contributed by atoms with van der Waals surface area (Å²) in [6.45, 7) is 7.76. The summed E-state index contributed by atoms with van der Waals surface area (Å²) in [5.41, 5.74) is 1.58. The molecule has 2 N–H and O–H groups in total. The molecule has 140 valence electrons. The smallest absolute Gasteiger partial charge is 0.222 e. The molecule has 0 aliphatic heterocycles. The molecule has 25 heavy (non-hydrogen) atoms. The number of rotatable bonds is 10. The van der Waals surface area contributed by atoms with Crippen LogP contribution in [0.25, 0.3) is 11.0 Å². The molecule has 0 amide bonds. The average molecular weight is 431 g/mol. The molecule has 2 rings (SSSR count). The Morgan fingerprint density at radius 2 is 2.12 bits per heavy atom. The molecule has 2 aromatic rings. The van der Waals surface area contributed by atoms with E-state index in [-0.39, 0.29) is 18.2 Å². The van der Waals surface area contributed by atoms with Crippen molar-refractivity contribution in [3.05, 3.63) is 23.9 Å². The first-order valence-electron chi connectivity index (χ1n) is 8.34. The van der Waals surface area contributed by atoms with Crippen LogP contribution in [0.5, 0.6) is 5.88 Å². The highest BCUT2D eigenvalue weighted by Crippen LogP contribution is 2.34. The number of halogens is 1. The first-order valence-corrected chi connectivity index (χ1v) is 13.0. The van der Waals surface area contributed by atoms with Crippen molar-refractivity contribution < 1.29 is 19.3 Å². The molecule has 2 aromatic heterocycles. The van der Waals surface area contributed by atoms with E-state index >= 15 is 0 Å². The van der Waals surface area contributed by atoms with Gasteiger partial charge in [0.25, 0.3) is 0 Å². The summed E-state index contributed by atoms with van der Waals surface area (Å²) in [7, 11) is 0.388. The molecular formula is C17H27BrN2O4Si. The lowest BCUT2D eigenvalue weighted by Gasteiger charge is -2.20. The number of aromatic nitrogens is 2. The number of nitrogens with zero attached hydrogens (tertiary/aromatic N) is 1. The molecule has 2 unspecified atom stereocenters. The summed E-state index contributed by atoms with van der Waals surface area (Å²) >= 11 is 3.60.